The summed E-state index contributed by atoms with van der Waals surface area (Å²) in [6, 6.07) is 20.8. The third-order valence-electron chi connectivity index (χ3n) is 7.65. The second-order valence-electron chi connectivity index (χ2n) is 11.1. The van der Waals surface area contributed by atoms with E-state index in [0.29, 0.717) is 35.0 Å². The van der Waals surface area contributed by atoms with Crippen LogP contribution in [-0.2, 0) is 10.4 Å². The molecule has 6 heteroatoms. The van der Waals surface area contributed by atoms with Crippen molar-refractivity contribution in [2.45, 2.75) is 70.6 Å². The van der Waals surface area contributed by atoms with E-state index in [2.05, 4.69) is 19.6 Å². The lowest BCUT2D eigenvalue weighted by Gasteiger charge is -2.52. The number of amides is 1. The Morgan fingerprint density at radius 3 is 2.39 bits per heavy atom. The van der Waals surface area contributed by atoms with Crippen LogP contribution in [0.15, 0.2) is 79.4 Å². The summed E-state index contributed by atoms with van der Waals surface area (Å²) in [5.41, 5.74) is 1.66. The molecule has 1 N–H and O–H groups in total. The molecule has 0 aliphatic carbocycles. The van der Waals surface area contributed by atoms with Gasteiger partial charge in [0.05, 0.1) is 28.9 Å². The number of aliphatic hydroxyl groups is 1. The van der Waals surface area contributed by atoms with Gasteiger partial charge in [-0.2, -0.15) is 0 Å². The Labute approximate surface area is 236 Å². The molecule has 4 atom stereocenters. The first-order valence-electron chi connectivity index (χ1n) is 13.1. The topological polar surface area (TPSA) is 53.4 Å². The number of hydrogen-bond acceptors (Lipinski definition) is 3. The van der Waals surface area contributed by atoms with Crippen molar-refractivity contribution in [2.24, 2.45) is 5.41 Å². The van der Waals surface area contributed by atoms with Crippen molar-refractivity contribution in [3.63, 3.8) is 0 Å². The number of allylic oxidation sites excluding steroid dienone is 1. The van der Waals surface area contributed by atoms with E-state index >= 15 is 0 Å². The van der Waals surface area contributed by atoms with Crippen LogP contribution in [0.3, 0.4) is 0 Å². The first-order valence-corrected chi connectivity index (χ1v) is 13.9. The maximum absolute atomic E-state index is 14.5. The number of carbonyl (C=O) groups excluding carboxylic acids is 1. The molecule has 3 aromatic rings. The summed E-state index contributed by atoms with van der Waals surface area (Å²) in [6.45, 7) is 11.5. The second kappa shape index (κ2) is 11.2. The first kappa shape index (κ1) is 28.4. The van der Waals surface area contributed by atoms with Crippen molar-refractivity contribution in [3.05, 3.63) is 112 Å². The summed E-state index contributed by atoms with van der Waals surface area (Å²) in [6.07, 6.45) is 3.70. The normalized spacial score (nSPS) is 22.8. The smallest absolute Gasteiger partial charge is 0.229 e. The lowest BCUT2D eigenvalue weighted by atomic mass is 9.67. The largest absolute Gasteiger partial charge is 0.384 e. The molecule has 4 nitrogen and oxygen atoms in total. The van der Waals surface area contributed by atoms with Crippen LogP contribution >= 0.6 is 23.2 Å². The molecule has 2 aromatic carbocycles. The zero-order valence-electron chi connectivity index (χ0n) is 22.5. The molecule has 4 rings (SSSR count). The van der Waals surface area contributed by atoms with Gasteiger partial charge in [0, 0.05) is 16.0 Å². The summed E-state index contributed by atoms with van der Waals surface area (Å²) in [4.78, 5) is 21.4. The SMILES string of the molecule is C=CC[C@@]1(C)C[C@H](c2cccc(Cl)c2)[C@@H](c2ccc(Cl)cc2)N(C(CC)c2cccc(C(C)(C)O)n2)C1=O. The molecule has 200 valence electrons. The van der Waals surface area contributed by atoms with Gasteiger partial charge >= 0.3 is 0 Å². The lowest BCUT2D eigenvalue weighted by Crippen LogP contribution is -2.53. The average Bonchev–Trinajstić information content (AvgIpc) is 2.87. The van der Waals surface area contributed by atoms with Crippen molar-refractivity contribution in [2.75, 3.05) is 0 Å². The predicted octanol–water partition coefficient (Wildman–Crippen LogP) is 8.41. The van der Waals surface area contributed by atoms with E-state index in [4.69, 9.17) is 28.2 Å². The fraction of sp³-hybridized carbons (Fsp3) is 0.375. The number of aromatic nitrogens is 1. The third kappa shape index (κ3) is 5.68. The van der Waals surface area contributed by atoms with E-state index in [1.54, 1.807) is 13.8 Å². The van der Waals surface area contributed by atoms with Gasteiger partial charge in [0.15, 0.2) is 0 Å². The van der Waals surface area contributed by atoms with Crippen LogP contribution < -0.4 is 0 Å². The van der Waals surface area contributed by atoms with Gasteiger partial charge in [0.25, 0.3) is 0 Å². The Bertz CT molecular complexity index is 1300. The summed E-state index contributed by atoms with van der Waals surface area (Å²) in [5.74, 6) is 0.0435. The maximum atomic E-state index is 14.5. The van der Waals surface area contributed by atoms with Crippen molar-refractivity contribution in [1.29, 1.82) is 0 Å². The van der Waals surface area contributed by atoms with E-state index in [-0.39, 0.29) is 23.9 Å². The second-order valence-corrected chi connectivity index (χ2v) is 11.9. The van der Waals surface area contributed by atoms with Crippen LogP contribution in [0.25, 0.3) is 0 Å². The fourth-order valence-corrected chi connectivity index (χ4v) is 6.08. The quantitative estimate of drug-likeness (QED) is 0.286. The highest BCUT2D eigenvalue weighted by atomic mass is 35.5. The Kier molecular flexibility index (Phi) is 8.37. The predicted molar refractivity (Wildman–Crippen MR) is 155 cm³/mol. The summed E-state index contributed by atoms with van der Waals surface area (Å²) in [5, 5.41) is 12.0. The third-order valence-corrected chi connectivity index (χ3v) is 8.13. The van der Waals surface area contributed by atoms with Crippen LogP contribution in [0.5, 0.6) is 0 Å². The zero-order valence-corrected chi connectivity index (χ0v) is 24.0. The van der Waals surface area contributed by atoms with E-state index in [1.807, 2.05) is 78.6 Å². The molecule has 1 saturated heterocycles. The number of nitrogens with zero attached hydrogens (tertiary/aromatic N) is 2. The van der Waals surface area contributed by atoms with E-state index in [1.165, 1.54) is 0 Å². The molecule has 1 amide bonds. The molecule has 0 spiro atoms. The monoisotopic (exact) mass is 550 g/mol. The lowest BCUT2D eigenvalue weighted by molar-refractivity contribution is -0.155. The molecule has 0 bridgehead atoms. The average molecular weight is 552 g/mol. The highest BCUT2D eigenvalue weighted by molar-refractivity contribution is 6.30. The maximum Gasteiger partial charge on any atom is 0.229 e. The number of likely N-dealkylation sites (tertiary alicyclic amines) is 1. The van der Waals surface area contributed by atoms with Gasteiger partial charge < -0.3 is 10.0 Å². The Balaban J connectivity index is 1.96. The number of rotatable bonds is 8. The number of hydrogen-bond donors (Lipinski definition) is 1. The van der Waals surface area contributed by atoms with Gasteiger partial charge in [-0.1, -0.05) is 73.5 Å². The van der Waals surface area contributed by atoms with Gasteiger partial charge in [-0.05, 0) is 80.6 Å². The molecule has 0 saturated carbocycles. The zero-order chi connectivity index (χ0) is 27.7. The minimum Gasteiger partial charge on any atom is -0.384 e. The van der Waals surface area contributed by atoms with Crippen LogP contribution in [-0.4, -0.2) is 20.9 Å². The Morgan fingerprint density at radius 1 is 1.11 bits per heavy atom. The van der Waals surface area contributed by atoms with Gasteiger partial charge in [-0.3, -0.25) is 9.78 Å². The van der Waals surface area contributed by atoms with Crippen molar-refractivity contribution >= 4 is 29.1 Å². The van der Waals surface area contributed by atoms with E-state index < -0.39 is 11.0 Å². The van der Waals surface area contributed by atoms with Gasteiger partial charge in [0.2, 0.25) is 5.91 Å². The molecule has 2 heterocycles. The Morgan fingerprint density at radius 2 is 1.79 bits per heavy atom. The van der Waals surface area contributed by atoms with Crippen LogP contribution in [0.2, 0.25) is 10.0 Å². The number of pyridine rings is 1. The van der Waals surface area contributed by atoms with E-state index in [9.17, 15) is 9.90 Å². The van der Waals surface area contributed by atoms with Crippen molar-refractivity contribution < 1.29 is 9.90 Å². The van der Waals surface area contributed by atoms with Crippen LogP contribution in [0.4, 0.5) is 0 Å². The molecule has 1 aromatic heterocycles. The number of carbonyl (C=O) groups is 1. The molecule has 0 radical (unpaired) electrons. The molecule has 1 fully saturated rings. The standard InChI is InChI=1S/C32H36Cl2N2O2/c1-6-18-32(5)20-25(22-10-8-11-24(34)19-22)29(21-14-16-23(33)17-15-21)36(30(32)37)27(7-2)26-12-9-13-28(35-26)31(3,4)38/h6,8-17,19,25,27,29,38H,1,7,18,20H2,2-5H3/t25-,27?,29-,32+/m1/s1. The number of benzene rings is 2. The van der Waals surface area contributed by atoms with Gasteiger partial charge in [-0.25, -0.2) is 0 Å². The summed E-state index contributed by atoms with van der Waals surface area (Å²) < 4.78 is 0. The van der Waals surface area contributed by atoms with Gasteiger partial charge in [-0.15, -0.1) is 6.58 Å². The number of piperidine rings is 1. The summed E-state index contributed by atoms with van der Waals surface area (Å²) >= 11 is 12.8. The molecule has 38 heavy (non-hydrogen) atoms. The fourth-order valence-electron chi connectivity index (χ4n) is 5.76. The molecule has 1 aliphatic rings. The molecular formula is C32H36Cl2N2O2. The van der Waals surface area contributed by atoms with Crippen molar-refractivity contribution in [3.8, 4) is 0 Å². The van der Waals surface area contributed by atoms with E-state index in [0.717, 1.165) is 16.8 Å². The van der Waals surface area contributed by atoms with Gasteiger partial charge in [0.1, 0.15) is 5.60 Å². The summed E-state index contributed by atoms with van der Waals surface area (Å²) in [7, 11) is 0. The van der Waals surface area contributed by atoms with Crippen LogP contribution in [0, 0.1) is 5.41 Å². The molecule has 1 aliphatic heterocycles. The van der Waals surface area contributed by atoms with Crippen molar-refractivity contribution in [1.82, 2.24) is 9.88 Å². The highest BCUT2D eigenvalue weighted by Gasteiger charge is 2.51. The highest BCUT2D eigenvalue weighted by Crippen LogP contribution is 2.54. The molecule has 1 unspecified atom stereocenters. The Hall–Kier alpha value is -2.66. The minimum absolute atomic E-state index is 0.0240. The first-order chi connectivity index (χ1) is 18.0. The van der Waals surface area contributed by atoms with Crippen LogP contribution in [0.1, 0.15) is 87.5 Å². The molecular weight excluding hydrogens is 515 g/mol. The number of halogens is 2. The minimum atomic E-state index is -1.10.